The summed E-state index contributed by atoms with van der Waals surface area (Å²) in [5, 5.41) is 8.59. The van der Waals surface area contributed by atoms with Gasteiger partial charge in [-0.3, -0.25) is 0 Å². The van der Waals surface area contributed by atoms with Crippen LogP contribution in [-0.4, -0.2) is 0 Å². The Bertz CT molecular complexity index is 360. The summed E-state index contributed by atoms with van der Waals surface area (Å²) in [6, 6.07) is 2.12. The lowest BCUT2D eigenvalue weighted by Gasteiger charge is -2.02. The van der Waals surface area contributed by atoms with Crippen molar-refractivity contribution in [2.75, 3.05) is 0 Å². The zero-order chi connectivity index (χ0) is 14.2. The van der Waals surface area contributed by atoms with Gasteiger partial charge in [0.25, 0.3) is 0 Å². The molecule has 0 bridgehead atoms. The van der Waals surface area contributed by atoms with Gasteiger partial charge in [0.1, 0.15) is 0 Å². The highest BCUT2D eigenvalue weighted by Crippen LogP contribution is 2.15. The van der Waals surface area contributed by atoms with Crippen LogP contribution in [0, 0.1) is 11.3 Å². The molecule has 0 aliphatic carbocycles. The van der Waals surface area contributed by atoms with Crippen LogP contribution < -0.4 is 0 Å². The van der Waals surface area contributed by atoms with Gasteiger partial charge < -0.3 is 0 Å². The topological polar surface area (TPSA) is 23.8 Å². The van der Waals surface area contributed by atoms with Crippen LogP contribution in [0.15, 0.2) is 60.3 Å². The molecule has 0 rings (SSSR count). The molecular formula is C17H25N. The van der Waals surface area contributed by atoms with Crippen molar-refractivity contribution in [2.24, 2.45) is 0 Å². The third-order valence-corrected chi connectivity index (χ3v) is 1.92. The van der Waals surface area contributed by atoms with Gasteiger partial charge in [0, 0.05) is 0 Å². The van der Waals surface area contributed by atoms with Crippen LogP contribution >= 0.6 is 0 Å². The van der Waals surface area contributed by atoms with E-state index in [-0.39, 0.29) is 0 Å². The van der Waals surface area contributed by atoms with Gasteiger partial charge in [0.2, 0.25) is 0 Å². The fraction of sp³-hybridized carbons (Fsp3) is 0.353. The Morgan fingerprint density at radius 3 is 2.33 bits per heavy atom. The Hall–Kier alpha value is -1.81. The van der Waals surface area contributed by atoms with E-state index in [9.17, 15) is 0 Å². The molecule has 0 saturated carbocycles. The zero-order valence-corrected chi connectivity index (χ0v) is 12.1. The lowest BCUT2D eigenvalue weighted by atomic mass is 10.0. The molecule has 0 heterocycles. The van der Waals surface area contributed by atoms with Crippen LogP contribution in [0.4, 0.5) is 0 Å². The largest absolute Gasteiger partial charge is 0.198 e. The summed E-state index contributed by atoms with van der Waals surface area (Å²) in [5.41, 5.74) is 2.15. The number of nitrogens with zero attached hydrogens (tertiary/aromatic N) is 1. The Balaban J connectivity index is 0. The van der Waals surface area contributed by atoms with E-state index in [1.165, 1.54) is 0 Å². The van der Waals surface area contributed by atoms with Gasteiger partial charge in [-0.1, -0.05) is 69.9 Å². The second-order valence-corrected chi connectivity index (χ2v) is 3.19. The SMILES string of the molecule is C=C/C=C(\C=C/CC)C(/C=C\C)=C/CC#N.CC. The Morgan fingerprint density at radius 1 is 1.22 bits per heavy atom. The smallest absolute Gasteiger partial charge is 0.0663 e. The van der Waals surface area contributed by atoms with Gasteiger partial charge in [-0.2, -0.15) is 5.26 Å². The van der Waals surface area contributed by atoms with Gasteiger partial charge in [-0.05, 0) is 24.5 Å². The summed E-state index contributed by atoms with van der Waals surface area (Å²) in [6.45, 7) is 11.8. The van der Waals surface area contributed by atoms with E-state index in [1.54, 1.807) is 6.08 Å². The van der Waals surface area contributed by atoms with Crippen molar-refractivity contribution in [3.63, 3.8) is 0 Å². The van der Waals surface area contributed by atoms with Crippen LogP contribution in [0.25, 0.3) is 0 Å². The molecule has 98 valence electrons. The Kier molecular flexibility index (Phi) is 15.7. The fourth-order valence-corrected chi connectivity index (χ4v) is 1.24. The number of allylic oxidation sites excluding steroid dienone is 9. The van der Waals surface area contributed by atoms with Crippen molar-refractivity contribution in [3.8, 4) is 6.07 Å². The van der Waals surface area contributed by atoms with E-state index in [4.69, 9.17) is 5.26 Å². The molecular weight excluding hydrogens is 218 g/mol. The molecule has 0 aliphatic heterocycles. The highest BCUT2D eigenvalue weighted by molar-refractivity contribution is 5.48. The summed E-state index contributed by atoms with van der Waals surface area (Å²) < 4.78 is 0. The molecule has 0 saturated heterocycles. The third-order valence-electron chi connectivity index (χ3n) is 1.92. The van der Waals surface area contributed by atoms with E-state index in [0.717, 1.165) is 17.6 Å². The van der Waals surface area contributed by atoms with Crippen LogP contribution in [0.1, 0.15) is 40.5 Å². The van der Waals surface area contributed by atoms with Crippen LogP contribution in [-0.2, 0) is 0 Å². The first kappa shape index (κ1) is 18.6. The molecule has 0 fully saturated rings. The highest BCUT2D eigenvalue weighted by atomic mass is 14.2. The molecule has 18 heavy (non-hydrogen) atoms. The fourth-order valence-electron chi connectivity index (χ4n) is 1.24. The van der Waals surface area contributed by atoms with Crippen molar-refractivity contribution in [3.05, 3.63) is 60.3 Å². The molecule has 0 aromatic carbocycles. The Labute approximate surface area is 113 Å². The van der Waals surface area contributed by atoms with Gasteiger partial charge in [-0.15, -0.1) is 0 Å². The van der Waals surface area contributed by atoms with E-state index in [1.807, 2.05) is 45.1 Å². The lowest BCUT2D eigenvalue weighted by Crippen LogP contribution is -1.83. The predicted octanol–water partition coefficient (Wildman–Crippen LogP) is 5.51. The minimum absolute atomic E-state index is 0.425. The average Bonchev–Trinajstić information content (AvgIpc) is 2.42. The maximum Gasteiger partial charge on any atom is 0.0663 e. The maximum atomic E-state index is 8.59. The quantitative estimate of drug-likeness (QED) is 0.564. The zero-order valence-electron chi connectivity index (χ0n) is 12.1. The molecule has 0 spiro atoms. The summed E-state index contributed by atoms with van der Waals surface area (Å²) in [6.07, 6.45) is 15.2. The average molecular weight is 243 g/mol. The second-order valence-electron chi connectivity index (χ2n) is 3.19. The maximum absolute atomic E-state index is 8.59. The van der Waals surface area contributed by atoms with Crippen LogP contribution in [0.3, 0.4) is 0 Å². The monoisotopic (exact) mass is 243 g/mol. The van der Waals surface area contributed by atoms with E-state index in [2.05, 4.69) is 31.7 Å². The van der Waals surface area contributed by atoms with E-state index >= 15 is 0 Å². The Morgan fingerprint density at radius 2 is 1.89 bits per heavy atom. The summed E-state index contributed by atoms with van der Waals surface area (Å²) >= 11 is 0. The first-order chi connectivity index (χ1) is 8.79. The first-order valence-corrected chi connectivity index (χ1v) is 6.49. The second kappa shape index (κ2) is 15.2. The van der Waals surface area contributed by atoms with Crippen molar-refractivity contribution >= 4 is 0 Å². The number of rotatable bonds is 6. The molecule has 0 aliphatic rings. The molecule has 0 aromatic rings. The van der Waals surface area contributed by atoms with Crippen LogP contribution in [0.2, 0.25) is 0 Å². The normalized spacial score (nSPS) is 12.2. The van der Waals surface area contributed by atoms with Crippen molar-refractivity contribution in [1.29, 1.82) is 5.26 Å². The molecule has 1 nitrogen and oxygen atoms in total. The number of hydrogen-bond acceptors (Lipinski definition) is 1. The van der Waals surface area contributed by atoms with Crippen molar-refractivity contribution < 1.29 is 0 Å². The van der Waals surface area contributed by atoms with Crippen molar-refractivity contribution in [1.82, 2.24) is 0 Å². The molecule has 1 heteroatoms. The predicted molar refractivity (Wildman–Crippen MR) is 82.2 cm³/mol. The minimum atomic E-state index is 0.425. The summed E-state index contributed by atoms with van der Waals surface area (Å²) in [7, 11) is 0. The lowest BCUT2D eigenvalue weighted by molar-refractivity contribution is 1.22. The minimum Gasteiger partial charge on any atom is -0.198 e. The number of nitriles is 1. The highest BCUT2D eigenvalue weighted by Gasteiger charge is 1.96. The molecule has 0 amide bonds. The van der Waals surface area contributed by atoms with E-state index in [0.29, 0.717) is 6.42 Å². The van der Waals surface area contributed by atoms with Gasteiger partial charge in [-0.25, -0.2) is 0 Å². The van der Waals surface area contributed by atoms with Crippen molar-refractivity contribution in [2.45, 2.75) is 40.5 Å². The first-order valence-electron chi connectivity index (χ1n) is 6.49. The number of hydrogen-bond donors (Lipinski definition) is 0. The third kappa shape index (κ3) is 9.42. The van der Waals surface area contributed by atoms with Crippen LogP contribution in [0.5, 0.6) is 0 Å². The molecule has 0 aromatic heterocycles. The molecule has 0 unspecified atom stereocenters. The molecule has 0 radical (unpaired) electrons. The summed E-state index contributed by atoms with van der Waals surface area (Å²) in [5.74, 6) is 0. The van der Waals surface area contributed by atoms with Gasteiger partial charge >= 0.3 is 0 Å². The molecule has 0 atom stereocenters. The van der Waals surface area contributed by atoms with Gasteiger partial charge in [0.15, 0.2) is 0 Å². The molecule has 0 N–H and O–H groups in total. The van der Waals surface area contributed by atoms with Gasteiger partial charge in [0.05, 0.1) is 12.5 Å². The standard InChI is InChI=1S/C15H19N.C2H6/c1-4-7-11-14(9-5-2)15(10-6-3)12-8-13-16;1-2/h5-7,9-12H,2,4,8H2,1,3H3;1-2H3/b10-6-,11-7-,14-9+,15-12+;. The summed E-state index contributed by atoms with van der Waals surface area (Å²) in [4.78, 5) is 0. The van der Waals surface area contributed by atoms with E-state index < -0.39 is 0 Å².